The zero-order valence-electron chi connectivity index (χ0n) is 19.5. The quantitative estimate of drug-likeness (QED) is 0.479. The van der Waals surface area contributed by atoms with Crippen molar-refractivity contribution in [2.75, 3.05) is 13.1 Å². The van der Waals surface area contributed by atoms with Crippen LogP contribution in [-0.2, 0) is 0 Å². The Labute approximate surface area is 192 Å². The molecule has 3 atom stereocenters. The number of nitrogens with one attached hydrogen (secondary N) is 1. The van der Waals surface area contributed by atoms with Crippen LogP contribution in [0.3, 0.4) is 0 Å². The summed E-state index contributed by atoms with van der Waals surface area (Å²) in [6.07, 6.45) is 0. The first-order valence-electron chi connectivity index (χ1n) is 11.0. The molecule has 3 rings (SSSR count). The summed E-state index contributed by atoms with van der Waals surface area (Å²) >= 11 is 3.59. The van der Waals surface area contributed by atoms with Crippen LogP contribution in [0, 0.1) is 0 Å². The van der Waals surface area contributed by atoms with Gasteiger partial charge in [-0.15, -0.1) is 0 Å². The fourth-order valence-electron chi connectivity index (χ4n) is 3.83. The molecule has 1 aliphatic heterocycles. The Morgan fingerprint density at radius 2 is 1.73 bits per heavy atom. The Morgan fingerprint density at radius 3 is 2.37 bits per heavy atom. The van der Waals surface area contributed by atoms with Crippen LogP contribution < -0.4 is 9.74 Å². The number of hydrogen-bond donors (Lipinski definition) is 1. The monoisotopic (exact) mass is 488 g/mol. The maximum Gasteiger partial charge on any atom is 0.250 e. The molecule has 0 aromatic heterocycles. The van der Waals surface area contributed by atoms with Crippen LogP contribution in [0.1, 0.15) is 51.8 Å². The first-order chi connectivity index (χ1) is 14.0. The van der Waals surface area contributed by atoms with Gasteiger partial charge in [-0.05, 0) is 67.4 Å². The molecule has 3 nitrogen and oxygen atoms in total. The van der Waals surface area contributed by atoms with Crippen LogP contribution in [0.15, 0.2) is 53.0 Å². The molecule has 2 aromatic rings. The zero-order chi connectivity index (χ0) is 22.1. The van der Waals surface area contributed by atoms with Gasteiger partial charge < -0.3 is 9.74 Å². The fourth-order valence-corrected chi connectivity index (χ4v) is 5.11. The molecule has 2 aromatic carbocycles. The van der Waals surface area contributed by atoms with E-state index in [0.717, 1.165) is 23.3 Å². The minimum atomic E-state index is -1.88. The lowest BCUT2D eigenvalue weighted by Gasteiger charge is -2.43. The van der Waals surface area contributed by atoms with Crippen LogP contribution in [0.4, 0.5) is 0 Å². The van der Waals surface area contributed by atoms with Crippen molar-refractivity contribution < 1.29 is 4.43 Å². The minimum absolute atomic E-state index is 0.177. The lowest BCUT2D eigenvalue weighted by molar-refractivity contribution is 0.113. The number of piperazine rings is 1. The molecule has 0 radical (unpaired) electrons. The van der Waals surface area contributed by atoms with Gasteiger partial charge in [-0.2, -0.15) is 0 Å². The summed E-state index contributed by atoms with van der Waals surface area (Å²) in [6, 6.07) is 18.7. The van der Waals surface area contributed by atoms with E-state index in [0.29, 0.717) is 12.1 Å². The van der Waals surface area contributed by atoms with Gasteiger partial charge in [0, 0.05) is 29.6 Å². The molecule has 0 bridgehead atoms. The number of benzene rings is 2. The summed E-state index contributed by atoms with van der Waals surface area (Å²) in [5.41, 5.74) is 2.62. The number of hydrogen-bond acceptors (Lipinski definition) is 3. The molecular weight excluding hydrogens is 452 g/mol. The van der Waals surface area contributed by atoms with E-state index in [-0.39, 0.29) is 11.1 Å². The van der Waals surface area contributed by atoms with Crippen LogP contribution in [0.25, 0.3) is 0 Å². The van der Waals surface area contributed by atoms with Gasteiger partial charge in [0.25, 0.3) is 0 Å². The van der Waals surface area contributed by atoms with Crippen LogP contribution in [0.5, 0.6) is 5.75 Å². The molecule has 30 heavy (non-hydrogen) atoms. The van der Waals surface area contributed by atoms with Crippen LogP contribution in [0.2, 0.25) is 18.1 Å². The molecular formula is C25H37BrN2OSi. The summed E-state index contributed by atoms with van der Waals surface area (Å²) in [5, 5.41) is 3.80. The van der Waals surface area contributed by atoms with Crippen LogP contribution in [-0.4, -0.2) is 38.4 Å². The van der Waals surface area contributed by atoms with Gasteiger partial charge in [-0.3, -0.25) is 4.90 Å². The Morgan fingerprint density at radius 1 is 1.07 bits per heavy atom. The maximum absolute atomic E-state index is 6.65. The molecule has 0 amide bonds. The van der Waals surface area contributed by atoms with Gasteiger partial charge in [-0.25, -0.2) is 0 Å². The first-order valence-corrected chi connectivity index (χ1v) is 14.7. The number of nitrogens with zero attached hydrogens (tertiary/aromatic N) is 1. The van der Waals surface area contributed by atoms with Crippen molar-refractivity contribution in [2.45, 2.75) is 70.9 Å². The molecule has 1 fully saturated rings. The predicted molar refractivity (Wildman–Crippen MR) is 134 cm³/mol. The molecule has 1 N–H and O–H groups in total. The molecule has 5 heteroatoms. The molecule has 0 spiro atoms. The summed E-state index contributed by atoms with van der Waals surface area (Å²) in [7, 11) is -1.88. The Bertz CT molecular complexity index is 847. The van der Waals surface area contributed by atoms with E-state index in [4.69, 9.17) is 4.43 Å². The first kappa shape index (κ1) is 23.5. The molecule has 0 unspecified atom stereocenters. The normalized spacial score (nSPS) is 22.0. The zero-order valence-corrected chi connectivity index (χ0v) is 22.1. The predicted octanol–water partition coefficient (Wildman–Crippen LogP) is 6.60. The molecule has 164 valence electrons. The van der Waals surface area contributed by atoms with Crippen molar-refractivity contribution in [1.29, 1.82) is 0 Å². The van der Waals surface area contributed by atoms with Gasteiger partial charge in [0.1, 0.15) is 5.75 Å². The van der Waals surface area contributed by atoms with Crippen LogP contribution >= 0.6 is 15.9 Å². The average Bonchev–Trinajstić information content (AvgIpc) is 2.65. The van der Waals surface area contributed by atoms with E-state index in [1.54, 1.807) is 0 Å². The second kappa shape index (κ2) is 9.15. The summed E-state index contributed by atoms with van der Waals surface area (Å²) in [5.74, 6) is 0.997. The Kier molecular flexibility index (Phi) is 7.17. The second-order valence-corrected chi connectivity index (χ2v) is 15.9. The van der Waals surface area contributed by atoms with E-state index in [9.17, 15) is 0 Å². The van der Waals surface area contributed by atoms with Crippen molar-refractivity contribution in [3.8, 4) is 5.75 Å². The van der Waals surface area contributed by atoms with Crippen molar-refractivity contribution in [1.82, 2.24) is 10.2 Å². The third-order valence-electron chi connectivity index (χ3n) is 6.68. The highest BCUT2D eigenvalue weighted by molar-refractivity contribution is 9.10. The van der Waals surface area contributed by atoms with E-state index >= 15 is 0 Å². The largest absolute Gasteiger partial charge is 0.543 e. The maximum atomic E-state index is 6.65. The third kappa shape index (κ3) is 5.36. The molecule has 1 aliphatic rings. The van der Waals surface area contributed by atoms with Crippen molar-refractivity contribution in [3.63, 3.8) is 0 Å². The highest BCUT2D eigenvalue weighted by atomic mass is 79.9. The topological polar surface area (TPSA) is 24.5 Å². The molecule has 0 aliphatic carbocycles. The number of rotatable bonds is 5. The molecule has 1 saturated heterocycles. The molecule has 1 heterocycles. The lowest BCUT2D eigenvalue weighted by Crippen LogP contribution is -2.55. The Balaban J connectivity index is 2.01. The van der Waals surface area contributed by atoms with E-state index in [1.165, 1.54) is 11.1 Å². The van der Waals surface area contributed by atoms with E-state index < -0.39 is 8.32 Å². The van der Waals surface area contributed by atoms with Gasteiger partial charge >= 0.3 is 0 Å². The fraction of sp³-hybridized carbons (Fsp3) is 0.520. The number of halogens is 1. The second-order valence-electron chi connectivity index (χ2n) is 10.2. The van der Waals surface area contributed by atoms with Gasteiger partial charge in [0.05, 0.1) is 6.04 Å². The Hall–Kier alpha value is -1.14. The summed E-state index contributed by atoms with van der Waals surface area (Å²) in [6.45, 7) is 18.1. The van der Waals surface area contributed by atoms with Gasteiger partial charge in [0.15, 0.2) is 0 Å². The highest BCUT2D eigenvalue weighted by Crippen LogP contribution is 2.39. The van der Waals surface area contributed by atoms with Gasteiger partial charge in [-0.1, -0.05) is 61.0 Å². The average molecular weight is 490 g/mol. The standard InChI is InChI=1S/C25H37BrN2OSi/c1-18-17-28(19(2)16-27-18)24(20-11-13-22(26)14-12-20)21-9-8-10-23(15-21)29-30(6,7)25(3,4)5/h8-15,18-19,24,27H,16-17H2,1-7H3/t18-,19+,24-/m1/s1. The molecule has 0 saturated carbocycles. The van der Waals surface area contributed by atoms with E-state index in [2.05, 4.69) is 122 Å². The van der Waals surface area contributed by atoms with Crippen molar-refractivity contribution >= 4 is 24.2 Å². The SMILES string of the molecule is C[C@@H]1CN([C@H](c2ccc(Br)cc2)c2cccc(O[Si](C)(C)C(C)(C)C)c2)[C@@H](C)CN1. The van der Waals surface area contributed by atoms with E-state index in [1.807, 2.05) is 0 Å². The van der Waals surface area contributed by atoms with Gasteiger partial charge in [0.2, 0.25) is 8.32 Å². The smallest absolute Gasteiger partial charge is 0.250 e. The lowest BCUT2D eigenvalue weighted by atomic mass is 9.94. The van der Waals surface area contributed by atoms with Crippen molar-refractivity contribution in [3.05, 3.63) is 64.1 Å². The summed E-state index contributed by atoms with van der Waals surface area (Å²) in [4.78, 5) is 2.63. The third-order valence-corrected chi connectivity index (χ3v) is 11.6. The minimum Gasteiger partial charge on any atom is -0.543 e. The highest BCUT2D eigenvalue weighted by Gasteiger charge is 2.39. The van der Waals surface area contributed by atoms with Crippen molar-refractivity contribution in [2.24, 2.45) is 0 Å². The summed E-state index contributed by atoms with van der Waals surface area (Å²) < 4.78 is 7.76.